The van der Waals surface area contributed by atoms with Gasteiger partial charge in [-0.25, -0.2) is 4.79 Å². The lowest BCUT2D eigenvalue weighted by atomic mass is 9.95. The summed E-state index contributed by atoms with van der Waals surface area (Å²) in [4.78, 5) is 28.0. The third kappa shape index (κ3) is 5.91. The number of carbonyl (C=O) groups is 2. The van der Waals surface area contributed by atoms with Gasteiger partial charge in [-0.2, -0.15) is 4.98 Å². The van der Waals surface area contributed by atoms with Crippen LogP contribution in [0.2, 0.25) is 0 Å². The monoisotopic (exact) mass is 345 g/mol. The highest BCUT2D eigenvalue weighted by Crippen LogP contribution is 2.19. The molecule has 0 fully saturated rings. The summed E-state index contributed by atoms with van der Waals surface area (Å²) in [6, 6.07) is 6.62. The van der Waals surface area contributed by atoms with Crippen LogP contribution in [-0.4, -0.2) is 28.6 Å². The molecule has 0 bridgehead atoms. The molecule has 25 heavy (non-hydrogen) atoms. The van der Waals surface area contributed by atoms with Gasteiger partial charge in [0.25, 0.3) is 0 Å². The van der Waals surface area contributed by atoms with E-state index in [1.54, 1.807) is 31.2 Å². The Labute approximate surface area is 146 Å². The molecule has 2 aromatic rings. The van der Waals surface area contributed by atoms with Crippen molar-refractivity contribution in [3.05, 3.63) is 36.0 Å². The van der Waals surface area contributed by atoms with E-state index in [2.05, 4.69) is 26.1 Å². The van der Waals surface area contributed by atoms with Gasteiger partial charge in [0.2, 0.25) is 11.8 Å². The van der Waals surface area contributed by atoms with Crippen molar-refractivity contribution < 1.29 is 14.1 Å². The molecular weight excluding hydrogens is 322 g/mol. The highest BCUT2D eigenvalue weighted by atomic mass is 16.5. The molecule has 0 saturated heterocycles. The van der Waals surface area contributed by atoms with Crippen LogP contribution < -0.4 is 16.0 Å². The lowest BCUT2D eigenvalue weighted by molar-refractivity contribution is -0.123. The van der Waals surface area contributed by atoms with Crippen molar-refractivity contribution in [2.45, 2.75) is 34.1 Å². The second kappa shape index (κ2) is 7.78. The molecule has 1 aromatic carbocycles. The van der Waals surface area contributed by atoms with Crippen LogP contribution in [-0.2, 0) is 11.2 Å². The maximum absolute atomic E-state index is 12.0. The largest absolute Gasteiger partial charge is 0.339 e. The Morgan fingerprint density at radius 1 is 1.16 bits per heavy atom. The minimum atomic E-state index is -0.492. The molecule has 0 spiro atoms. The van der Waals surface area contributed by atoms with Crippen molar-refractivity contribution in [1.82, 2.24) is 15.5 Å². The highest BCUT2D eigenvalue weighted by Gasteiger charge is 2.21. The lowest BCUT2D eigenvalue weighted by Crippen LogP contribution is -2.30. The van der Waals surface area contributed by atoms with Crippen molar-refractivity contribution in [3.8, 4) is 0 Å². The number of nitrogens with one attached hydrogen (secondary N) is 3. The molecule has 0 aliphatic heterocycles. The number of amides is 3. The Morgan fingerprint density at radius 3 is 2.44 bits per heavy atom. The van der Waals surface area contributed by atoms with Gasteiger partial charge in [-0.05, 0) is 25.1 Å². The van der Waals surface area contributed by atoms with Crippen LogP contribution in [0.3, 0.4) is 0 Å². The molecule has 1 heterocycles. The van der Waals surface area contributed by atoms with Crippen LogP contribution >= 0.6 is 0 Å². The number of benzene rings is 1. The molecule has 0 aliphatic rings. The Hall–Kier alpha value is -2.90. The minimum absolute atomic E-state index is 0.0936. The van der Waals surface area contributed by atoms with Gasteiger partial charge in [-0.15, -0.1) is 0 Å². The number of anilines is 2. The predicted molar refractivity (Wildman–Crippen MR) is 94.3 cm³/mol. The molecule has 0 atom stereocenters. The van der Waals surface area contributed by atoms with Gasteiger partial charge in [0.1, 0.15) is 0 Å². The summed E-state index contributed by atoms with van der Waals surface area (Å²) >= 11 is 0. The first kappa shape index (κ1) is 18.4. The topological polar surface area (TPSA) is 109 Å². The van der Waals surface area contributed by atoms with Crippen molar-refractivity contribution in [2.75, 3.05) is 17.2 Å². The second-order valence-corrected chi connectivity index (χ2v) is 6.65. The van der Waals surface area contributed by atoms with E-state index in [0.29, 0.717) is 36.1 Å². The van der Waals surface area contributed by atoms with E-state index in [4.69, 9.17) is 4.52 Å². The van der Waals surface area contributed by atoms with Gasteiger partial charge in [0, 0.05) is 29.8 Å². The smallest absolute Gasteiger partial charge is 0.319 e. The fourth-order valence-corrected chi connectivity index (χ4v) is 1.89. The van der Waals surface area contributed by atoms with Crippen molar-refractivity contribution in [2.24, 2.45) is 5.41 Å². The van der Waals surface area contributed by atoms with Crippen LogP contribution in [0, 0.1) is 12.3 Å². The number of aromatic nitrogens is 2. The lowest BCUT2D eigenvalue weighted by Gasteiger charge is -2.18. The Balaban J connectivity index is 1.84. The number of hydrogen-bond acceptors (Lipinski definition) is 5. The molecule has 0 unspecified atom stereocenters. The zero-order valence-corrected chi connectivity index (χ0v) is 14.8. The molecule has 3 amide bonds. The normalized spacial score (nSPS) is 11.0. The van der Waals surface area contributed by atoms with Crippen LogP contribution in [0.15, 0.2) is 28.8 Å². The molecule has 0 saturated carbocycles. The summed E-state index contributed by atoms with van der Waals surface area (Å²) in [5.74, 6) is 0.946. The summed E-state index contributed by atoms with van der Waals surface area (Å²) in [6.45, 7) is 7.61. The van der Waals surface area contributed by atoms with Crippen LogP contribution in [0.5, 0.6) is 0 Å². The molecule has 8 heteroatoms. The molecule has 0 aliphatic carbocycles. The van der Waals surface area contributed by atoms with Gasteiger partial charge in [-0.1, -0.05) is 32.0 Å². The zero-order valence-electron chi connectivity index (χ0n) is 14.8. The third-order valence-corrected chi connectivity index (χ3v) is 3.25. The van der Waals surface area contributed by atoms with Gasteiger partial charge in [0.15, 0.2) is 5.82 Å². The van der Waals surface area contributed by atoms with E-state index in [0.717, 1.165) is 0 Å². The van der Waals surface area contributed by atoms with Crippen LogP contribution in [0.4, 0.5) is 16.2 Å². The summed E-state index contributed by atoms with van der Waals surface area (Å²) < 4.78 is 4.97. The number of nitrogens with zero attached hydrogens (tertiary/aromatic N) is 2. The average Bonchev–Trinajstić information content (AvgIpc) is 2.92. The first-order valence-corrected chi connectivity index (χ1v) is 7.99. The molecule has 3 N–H and O–H groups in total. The molecule has 134 valence electrons. The summed E-state index contributed by atoms with van der Waals surface area (Å²) in [7, 11) is 0. The van der Waals surface area contributed by atoms with Crippen molar-refractivity contribution in [1.29, 1.82) is 0 Å². The highest BCUT2D eigenvalue weighted by molar-refractivity contribution is 5.96. The maximum Gasteiger partial charge on any atom is 0.319 e. The molecule has 1 aromatic heterocycles. The first-order chi connectivity index (χ1) is 11.7. The maximum atomic E-state index is 12.0. The Kier molecular flexibility index (Phi) is 5.74. The van der Waals surface area contributed by atoms with E-state index in [-0.39, 0.29) is 11.9 Å². The van der Waals surface area contributed by atoms with Crippen molar-refractivity contribution >= 4 is 23.3 Å². The van der Waals surface area contributed by atoms with E-state index in [9.17, 15) is 9.59 Å². The molecule has 0 radical (unpaired) electrons. The minimum Gasteiger partial charge on any atom is -0.339 e. The Morgan fingerprint density at radius 2 is 1.84 bits per heavy atom. The second-order valence-electron chi connectivity index (χ2n) is 6.65. The van der Waals surface area contributed by atoms with Gasteiger partial charge >= 0.3 is 6.03 Å². The predicted octanol–water partition coefficient (Wildman–Crippen LogP) is 2.73. The van der Waals surface area contributed by atoms with E-state index in [1.165, 1.54) is 0 Å². The number of carbonyl (C=O) groups excluding carboxylic acids is 2. The van der Waals surface area contributed by atoms with Crippen molar-refractivity contribution in [3.63, 3.8) is 0 Å². The van der Waals surface area contributed by atoms with E-state index >= 15 is 0 Å². The molecule has 2 rings (SSSR count). The van der Waals surface area contributed by atoms with E-state index in [1.807, 2.05) is 20.8 Å². The average molecular weight is 345 g/mol. The fourth-order valence-electron chi connectivity index (χ4n) is 1.89. The number of urea groups is 1. The first-order valence-electron chi connectivity index (χ1n) is 7.99. The van der Waals surface area contributed by atoms with E-state index < -0.39 is 5.41 Å². The number of aryl methyl sites for hydroxylation is 1. The number of rotatable bonds is 5. The molecule has 8 nitrogen and oxygen atoms in total. The Bertz CT molecular complexity index is 749. The summed E-state index contributed by atoms with van der Waals surface area (Å²) in [5.41, 5.74) is 0.713. The summed E-state index contributed by atoms with van der Waals surface area (Å²) in [5, 5.41) is 11.9. The third-order valence-electron chi connectivity index (χ3n) is 3.25. The molecular formula is C17H23N5O3. The quantitative estimate of drug-likeness (QED) is 0.772. The van der Waals surface area contributed by atoms with Crippen LogP contribution in [0.1, 0.15) is 32.5 Å². The zero-order chi connectivity index (χ0) is 18.4. The SMILES string of the molecule is Cc1noc(CCNC(=O)Nc2cccc(NC(=O)C(C)(C)C)c2)n1. The van der Waals surface area contributed by atoms with Gasteiger partial charge in [-0.3, -0.25) is 4.79 Å². The number of hydrogen-bond donors (Lipinski definition) is 3. The van der Waals surface area contributed by atoms with Gasteiger partial charge in [0.05, 0.1) is 0 Å². The van der Waals surface area contributed by atoms with Crippen LogP contribution in [0.25, 0.3) is 0 Å². The van der Waals surface area contributed by atoms with Gasteiger partial charge < -0.3 is 20.5 Å². The summed E-state index contributed by atoms with van der Waals surface area (Å²) in [6.07, 6.45) is 0.454. The fraction of sp³-hybridized carbons (Fsp3) is 0.412. The standard InChI is InChI=1S/C17H23N5O3/c1-11-19-14(25-22-11)8-9-18-16(24)21-13-7-5-6-12(10-13)20-15(23)17(2,3)4/h5-7,10H,8-9H2,1-4H3,(H,20,23)(H2,18,21,24).